The molecule has 0 spiro atoms. The maximum atomic E-state index is 12.3. The Hall–Kier alpha value is -2.63. The third-order valence-electron chi connectivity index (χ3n) is 4.23. The van der Waals surface area contributed by atoms with Gasteiger partial charge in [-0.2, -0.15) is 0 Å². The van der Waals surface area contributed by atoms with Gasteiger partial charge in [-0.25, -0.2) is 0 Å². The topological polar surface area (TPSA) is 92.4 Å². The number of hydrogen-bond acceptors (Lipinski definition) is 4. The average Bonchev–Trinajstić information content (AvgIpc) is 3.27. The van der Waals surface area contributed by atoms with Gasteiger partial charge in [0.25, 0.3) is 5.91 Å². The Morgan fingerprint density at radius 2 is 2.21 bits per heavy atom. The molecule has 6 heteroatoms. The number of nitrogens with zero attached hydrogens (tertiary/aromatic N) is 1. The number of carbonyl (C=O) groups excluding carboxylic acids is 1. The lowest BCUT2D eigenvalue weighted by Gasteiger charge is -2.14. The maximum absolute atomic E-state index is 12.3. The number of carboxylic acid groups (broad SMARTS) is 1. The second-order valence-electron chi connectivity index (χ2n) is 6.33. The summed E-state index contributed by atoms with van der Waals surface area (Å²) >= 11 is 0. The third kappa shape index (κ3) is 3.82. The van der Waals surface area contributed by atoms with Gasteiger partial charge in [0.15, 0.2) is 0 Å². The van der Waals surface area contributed by atoms with Crippen LogP contribution in [0.2, 0.25) is 0 Å². The van der Waals surface area contributed by atoms with Gasteiger partial charge in [-0.3, -0.25) is 9.59 Å². The zero-order valence-electron chi connectivity index (χ0n) is 13.5. The van der Waals surface area contributed by atoms with Crippen molar-refractivity contribution in [1.82, 2.24) is 10.5 Å². The molecule has 1 aromatic carbocycles. The average molecular weight is 328 g/mol. The molecule has 1 unspecified atom stereocenters. The van der Waals surface area contributed by atoms with Gasteiger partial charge in [-0.05, 0) is 31.7 Å². The molecule has 1 atom stereocenters. The Morgan fingerprint density at radius 1 is 1.42 bits per heavy atom. The highest BCUT2D eigenvalue weighted by atomic mass is 16.5. The van der Waals surface area contributed by atoms with Crippen LogP contribution in [-0.2, 0) is 11.2 Å². The highest BCUT2D eigenvalue weighted by Crippen LogP contribution is 2.40. The van der Waals surface area contributed by atoms with Crippen LogP contribution < -0.4 is 5.32 Å². The Morgan fingerprint density at radius 3 is 2.88 bits per heavy atom. The molecule has 1 aliphatic rings. The van der Waals surface area contributed by atoms with Crippen molar-refractivity contribution in [2.75, 3.05) is 6.54 Å². The zero-order valence-corrected chi connectivity index (χ0v) is 13.5. The van der Waals surface area contributed by atoms with Crippen LogP contribution in [0, 0.1) is 12.8 Å². The first kappa shape index (κ1) is 16.2. The molecule has 1 aromatic heterocycles. The summed E-state index contributed by atoms with van der Waals surface area (Å²) in [5, 5.41) is 16.0. The Bertz CT molecular complexity index is 749. The Labute approximate surface area is 139 Å². The van der Waals surface area contributed by atoms with Crippen molar-refractivity contribution in [2.24, 2.45) is 5.92 Å². The summed E-state index contributed by atoms with van der Waals surface area (Å²) in [7, 11) is 0. The number of aryl methyl sites for hydroxylation is 1. The fourth-order valence-corrected chi connectivity index (χ4v) is 2.75. The molecule has 0 saturated heterocycles. The predicted octanol–water partition coefficient (Wildman–Crippen LogP) is 2.53. The van der Waals surface area contributed by atoms with Crippen LogP contribution in [0.4, 0.5) is 0 Å². The molecule has 1 heterocycles. The molecule has 1 saturated carbocycles. The number of carbonyl (C=O) groups is 2. The summed E-state index contributed by atoms with van der Waals surface area (Å²) in [4.78, 5) is 23.8. The van der Waals surface area contributed by atoms with E-state index in [0.29, 0.717) is 23.6 Å². The fourth-order valence-electron chi connectivity index (χ4n) is 2.75. The van der Waals surface area contributed by atoms with Gasteiger partial charge in [-0.15, -0.1) is 0 Å². The van der Waals surface area contributed by atoms with E-state index in [1.165, 1.54) is 6.26 Å². The van der Waals surface area contributed by atoms with Gasteiger partial charge in [0.2, 0.25) is 0 Å². The van der Waals surface area contributed by atoms with Gasteiger partial charge >= 0.3 is 5.97 Å². The van der Waals surface area contributed by atoms with Crippen molar-refractivity contribution in [2.45, 2.75) is 32.1 Å². The van der Waals surface area contributed by atoms with Crippen molar-refractivity contribution < 1.29 is 19.2 Å². The van der Waals surface area contributed by atoms with Gasteiger partial charge in [-0.1, -0.05) is 35.0 Å². The van der Waals surface area contributed by atoms with Crippen molar-refractivity contribution >= 4 is 11.9 Å². The highest BCUT2D eigenvalue weighted by molar-refractivity contribution is 5.95. The molecule has 0 bridgehead atoms. The van der Waals surface area contributed by atoms with Crippen LogP contribution in [0.25, 0.3) is 0 Å². The molecule has 1 fully saturated rings. The number of amides is 1. The van der Waals surface area contributed by atoms with E-state index >= 15 is 0 Å². The fraction of sp³-hybridized carbons (Fsp3) is 0.389. The summed E-state index contributed by atoms with van der Waals surface area (Å²) in [6.45, 7) is 2.03. The molecule has 2 N–H and O–H groups in total. The first-order valence-corrected chi connectivity index (χ1v) is 8.05. The van der Waals surface area contributed by atoms with E-state index in [4.69, 9.17) is 4.52 Å². The molecule has 24 heavy (non-hydrogen) atoms. The molecule has 1 aliphatic carbocycles. The van der Waals surface area contributed by atoms with E-state index in [2.05, 4.69) is 10.5 Å². The van der Waals surface area contributed by atoms with Crippen LogP contribution >= 0.6 is 0 Å². The van der Waals surface area contributed by atoms with E-state index in [1.807, 2.05) is 31.2 Å². The number of hydrogen-bond donors (Lipinski definition) is 2. The standard InChI is InChI=1S/C18H20N2O4/c1-11-3-2-4-12(7-11)8-14(18(22)23)9-19-17(21)15-10-24-20-16(15)13-5-6-13/h2-4,7,10,13-14H,5-6,8-9H2,1H3,(H,19,21)(H,22,23). The summed E-state index contributed by atoms with van der Waals surface area (Å²) in [5.74, 6) is -1.63. The maximum Gasteiger partial charge on any atom is 0.308 e. The number of aliphatic carboxylic acids is 1. The van der Waals surface area contributed by atoms with E-state index < -0.39 is 11.9 Å². The molecule has 2 aromatic rings. The van der Waals surface area contributed by atoms with Crippen molar-refractivity contribution in [3.05, 3.63) is 52.9 Å². The zero-order chi connectivity index (χ0) is 17.1. The van der Waals surface area contributed by atoms with E-state index in [0.717, 1.165) is 24.0 Å². The van der Waals surface area contributed by atoms with Crippen molar-refractivity contribution in [3.8, 4) is 0 Å². The number of nitrogens with one attached hydrogen (secondary N) is 1. The van der Waals surface area contributed by atoms with Crippen LogP contribution in [0.15, 0.2) is 35.1 Å². The highest BCUT2D eigenvalue weighted by Gasteiger charge is 2.32. The van der Waals surface area contributed by atoms with Crippen LogP contribution in [0.3, 0.4) is 0 Å². The smallest absolute Gasteiger partial charge is 0.308 e. The lowest BCUT2D eigenvalue weighted by molar-refractivity contribution is -0.141. The molecule has 3 rings (SSSR count). The molecule has 126 valence electrons. The summed E-state index contributed by atoms with van der Waals surface area (Å²) < 4.78 is 4.90. The number of carboxylic acids is 1. The first-order chi connectivity index (χ1) is 11.5. The summed E-state index contributed by atoms with van der Waals surface area (Å²) in [6.07, 6.45) is 3.73. The van der Waals surface area contributed by atoms with E-state index in [9.17, 15) is 14.7 Å². The Balaban J connectivity index is 1.62. The van der Waals surface area contributed by atoms with Gasteiger partial charge in [0.1, 0.15) is 11.8 Å². The van der Waals surface area contributed by atoms with Crippen LogP contribution in [0.5, 0.6) is 0 Å². The Kier molecular flexibility index (Phi) is 4.64. The first-order valence-electron chi connectivity index (χ1n) is 8.05. The third-order valence-corrected chi connectivity index (χ3v) is 4.23. The molecule has 0 aliphatic heterocycles. The van der Waals surface area contributed by atoms with Gasteiger partial charge in [0, 0.05) is 12.5 Å². The van der Waals surface area contributed by atoms with Gasteiger partial charge < -0.3 is 14.9 Å². The molecular formula is C18H20N2O4. The lowest BCUT2D eigenvalue weighted by atomic mass is 9.98. The summed E-state index contributed by atoms with van der Waals surface area (Å²) in [5.41, 5.74) is 3.12. The van der Waals surface area contributed by atoms with Gasteiger partial charge in [0.05, 0.1) is 11.6 Å². The minimum Gasteiger partial charge on any atom is -0.481 e. The molecule has 0 radical (unpaired) electrons. The van der Waals surface area contributed by atoms with Crippen LogP contribution in [0.1, 0.15) is 45.9 Å². The number of rotatable bonds is 7. The van der Waals surface area contributed by atoms with Crippen LogP contribution in [-0.4, -0.2) is 28.7 Å². The van der Waals surface area contributed by atoms with E-state index in [1.54, 1.807) is 0 Å². The number of aromatic nitrogens is 1. The minimum absolute atomic E-state index is 0.0669. The second-order valence-corrected chi connectivity index (χ2v) is 6.33. The monoisotopic (exact) mass is 328 g/mol. The minimum atomic E-state index is -0.926. The largest absolute Gasteiger partial charge is 0.481 e. The normalized spacial score (nSPS) is 15.0. The number of benzene rings is 1. The predicted molar refractivity (Wildman–Crippen MR) is 86.8 cm³/mol. The van der Waals surface area contributed by atoms with Crippen molar-refractivity contribution in [3.63, 3.8) is 0 Å². The SMILES string of the molecule is Cc1cccc(CC(CNC(=O)c2conc2C2CC2)C(=O)O)c1. The molecular weight excluding hydrogens is 308 g/mol. The molecule has 6 nitrogen and oxygen atoms in total. The summed E-state index contributed by atoms with van der Waals surface area (Å²) in [6, 6.07) is 7.73. The quantitative estimate of drug-likeness (QED) is 0.815. The molecule has 1 amide bonds. The second kappa shape index (κ2) is 6.86. The lowest BCUT2D eigenvalue weighted by Crippen LogP contribution is -2.34. The van der Waals surface area contributed by atoms with E-state index in [-0.39, 0.29) is 12.5 Å². The van der Waals surface area contributed by atoms with Crippen molar-refractivity contribution in [1.29, 1.82) is 0 Å².